The lowest BCUT2D eigenvalue weighted by atomic mass is 10.2. The standard InChI is InChI=1S/C17H22N4O2S/c1-4-10-21(17(23)20(2)3)11-15(22)19-16-18-14(12-24-16)13-8-6-5-7-9-13/h5-9,12H,4,10-11H2,1-3H3,(H,18,19,22). The number of hydrogen-bond acceptors (Lipinski definition) is 4. The Bertz CT molecular complexity index is 685. The number of nitrogens with one attached hydrogen (secondary N) is 1. The Labute approximate surface area is 146 Å². The Morgan fingerprint density at radius 3 is 2.54 bits per heavy atom. The molecule has 0 saturated carbocycles. The molecule has 2 rings (SSSR count). The van der Waals surface area contributed by atoms with Gasteiger partial charge in [0, 0.05) is 31.6 Å². The lowest BCUT2D eigenvalue weighted by molar-refractivity contribution is -0.116. The molecule has 1 heterocycles. The normalized spacial score (nSPS) is 10.3. The largest absolute Gasteiger partial charge is 0.331 e. The minimum Gasteiger partial charge on any atom is -0.331 e. The van der Waals surface area contributed by atoms with Gasteiger partial charge in [-0.3, -0.25) is 4.79 Å². The van der Waals surface area contributed by atoms with E-state index in [4.69, 9.17) is 0 Å². The van der Waals surface area contributed by atoms with Gasteiger partial charge in [-0.25, -0.2) is 9.78 Å². The van der Waals surface area contributed by atoms with Crippen LogP contribution in [0.3, 0.4) is 0 Å². The van der Waals surface area contributed by atoms with Crippen LogP contribution in [0.4, 0.5) is 9.93 Å². The van der Waals surface area contributed by atoms with Crippen LogP contribution in [0.5, 0.6) is 0 Å². The van der Waals surface area contributed by atoms with Crippen molar-refractivity contribution >= 4 is 28.4 Å². The number of carbonyl (C=O) groups excluding carboxylic acids is 2. The average molecular weight is 346 g/mol. The minimum atomic E-state index is -0.243. The molecule has 128 valence electrons. The summed E-state index contributed by atoms with van der Waals surface area (Å²) < 4.78 is 0. The molecule has 0 fully saturated rings. The van der Waals surface area contributed by atoms with Crippen LogP contribution in [0.1, 0.15) is 13.3 Å². The summed E-state index contributed by atoms with van der Waals surface area (Å²) in [6, 6.07) is 9.61. The van der Waals surface area contributed by atoms with E-state index < -0.39 is 0 Å². The number of thiazole rings is 1. The van der Waals surface area contributed by atoms with Crippen LogP contribution in [0.25, 0.3) is 11.3 Å². The van der Waals surface area contributed by atoms with Gasteiger partial charge in [0.05, 0.1) is 5.69 Å². The maximum absolute atomic E-state index is 12.2. The Kier molecular flexibility index (Phi) is 6.31. The number of urea groups is 1. The summed E-state index contributed by atoms with van der Waals surface area (Å²) >= 11 is 1.37. The zero-order valence-corrected chi connectivity index (χ0v) is 15.0. The Morgan fingerprint density at radius 2 is 1.92 bits per heavy atom. The molecule has 0 spiro atoms. The highest BCUT2D eigenvalue weighted by Crippen LogP contribution is 2.24. The third-order valence-electron chi connectivity index (χ3n) is 3.30. The van der Waals surface area contributed by atoms with Crippen molar-refractivity contribution in [3.05, 3.63) is 35.7 Å². The van der Waals surface area contributed by atoms with E-state index in [1.165, 1.54) is 21.1 Å². The van der Waals surface area contributed by atoms with E-state index in [9.17, 15) is 9.59 Å². The molecule has 0 saturated heterocycles. The maximum Gasteiger partial charge on any atom is 0.319 e. The van der Waals surface area contributed by atoms with Crippen LogP contribution in [-0.4, -0.2) is 53.9 Å². The van der Waals surface area contributed by atoms with Gasteiger partial charge in [-0.2, -0.15) is 0 Å². The molecule has 0 radical (unpaired) electrons. The van der Waals surface area contributed by atoms with Crippen molar-refractivity contribution in [2.75, 3.05) is 32.5 Å². The molecule has 6 nitrogen and oxygen atoms in total. The summed E-state index contributed by atoms with van der Waals surface area (Å²) in [5, 5.41) is 5.21. The van der Waals surface area contributed by atoms with Crippen molar-refractivity contribution in [1.82, 2.24) is 14.8 Å². The van der Waals surface area contributed by atoms with Gasteiger partial charge in [-0.15, -0.1) is 11.3 Å². The number of carbonyl (C=O) groups is 2. The Balaban J connectivity index is 1.99. The Morgan fingerprint density at radius 1 is 1.21 bits per heavy atom. The van der Waals surface area contributed by atoms with Crippen molar-refractivity contribution in [3.8, 4) is 11.3 Å². The van der Waals surface area contributed by atoms with Crippen molar-refractivity contribution < 1.29 is 9.59 Å². The summed E-state index contributed by atoms with van der Waals surface area (Å²) in [7, 11) is 3.35. The lowest BCUT2D eigenvalue weighted by Gasteiger charge is -2.24. The van der Waals surface area contributed by atoms with Crippen molar-refractivity contribution in [2.45, 2.75) is 13.3 Å². The number of benzene rings is 1. The summed E-state index contributed by atoms with van der Waals surface area (Å²) in [4.78, 5) is 31.7. The van der Waals surface area contributed by atoms with E-state index in [2.05, 4.69) is 10.3 Å². The number of nitrogens with zero attached hydrogens (tertiary/aromatic N) is 3. The molecule has 3 amide bonds. The van der Waals surface area contributed by atoms with Crippen molar-refractivity contribution in [1.29, 1.82) is 0 Å². The highest BCUT2D eigenvalue weighted by Gasteiger charge is 2.18. The first kappa shape index (κ1) is 17.9. The van der Waals surface area contributed by atoms with Crippen molar-refractivity contribution in [3.63, 3.8) is 0 Å². The van der Waals surface area contributed by atoms with Crippen LogP contribution >= 0.6 is 11.3 Å². The molecule has 7 heteroatoms. The molecule has 0 aliphatic carbocycles. The fraction of sp³-hybridized carbons (Fsp3) is 0.353. The molecule has 0 atom stereocenters. The summed E-state index contributed by atoms with van der Waals surface area (Å²) in [6.45, 7) is 2.53. The number of hydrogen-bond donors (Lipinski definition) is 1. The monoisotopic (exact) mass is 346 g/mol. The van der Waals surface area contributed by atoms with Gasteiger partial charge in [0.25, 0.3) is 0 Å². The van der Waals surface area contributed by atoms with Gasteiger partial charge in [0.1, 0.15) is 6.54 Å². The van der Waals surface area contributed by atoms with E-state index in [-0.39, 0.29) is 18.5 Å². The number of rotatable bonds is 6. The van der Waals surface area contributed by atoms with Crippen LogP contribution < -0.4 is 5.32 Å². The predicted molar refractivity (Wildman–Crippen MR) is 97.1 cm³/mol. The molecular weight excluding hydrogens is 324 g/mol. The molecule has 1 N–H and O–H groups in total. The third kappa shape index (κ3) is 4.79. The number of anilines is 1. The van der Waals surface area contributed by atoms with Crippen LogP contribution in [0, 0.1) is 0 Å². The molecule has 1 aromatic heterocycles. The first-order valence-corrected chi connectivity index (χ1v) is 8.66. The van der Waals surface area contributed by atoms with Crippen LogP contribution in [0.2, 0.25) is 0 Å². The first-order chi connectivity index (χ1) is 11.5. The van der Waals surface area contributed by atoms with Gasteiger partial charge >= 0.3 is 6.03 Å². The molecular formula is C17H22N4O2S. The highest BCUT2D eigenvalue weighted by molar-refractivity contribution is 7.14. The van der Waals surface area contributed by atoms with E-state index >= 15 is 0 Å². The van der Waals surface area contributed by atoms with Gasteiger partial charge in [0.15, 0.2) is 5.13 Å². The van der Waals surface area contributed by atoms with E-state index in [0.29, 0.717) is 11.7 Å². The van der Waals surface area contributed by atoms with E-state index in [1.54, 1.807) is 14.1 Å². The third-order valence-corrected chi connectivity index (χ3v) is 4.06. The quantitative estimate of drug-likeness (QED) is 0.874. The molecule has 24 heavy (non-hydrogen) atoms. The molecule has 0 aliphatic rings. The van der Waals surface area contributed by atoms with Gasteiger partial charge < -0.3 is 15.1 Å². The zero-order chi connectivity index (χ0) is 17.5. The summed E-state index contributed by atoms with van der Waals surface area (Å²) in [5.41, 5.74) is 1.83. The van der Waals surface area contributed by atoms with E-state index in [1.807, 2.05) is 42.6 Å². The predicted octanol–water partition coefficient (Wildman–Crippen LogP) is 3.14. The summed E-state index contributed by atoms with van der Waals surface area (Å²) in [5.74, 6) is -0.243. The molecule has 2 aromatic rings. The van der Waals surface area contributed by atoms with Gasteiger partial charge in [-0.1, -0.05) is 37.3 Å². The first-order valence-electron chi connectivity index (χ1n) is 7.78. The van der Waals surface area contributed by atoms with E-state index in [0.717, 1.165) is 17.7 Å². The SMILES string of the molecule is CCCN(CC(=O)Nc1nc(-c2ccccc2)cs1)C(=O)N(C)C. The van der Waals surface area contributed by atoms with Gasteiger partial charge in [-0.05, 0) is 6.42 Å². The zero-order valence-electron chi connectivity index (χ0n) is 14.2. The molecule has 0 bridgehead atoms. The fourth-order valence-electron chi connectivity index (χ4n) is 2.20. The minimum absolute atomic E-state index is 0.0190. The van der Waals surface area contributed by atoms with Crippen LogP contribution in [0.15, 0.2) is 35.7 Å². The Hall–Kier alpha value is -2.41. The average Bonchev–Trinajstić information content (AvgIpc) is 3.03. The van der Waals surface area contributed by atoms with Crippen LogP contribution in [-0.2, 0) is 4.79 Å². The maximum atomic E-state index is 12.2. The summed E-state index contributed by atoms with van der Waals surface area (Å²) in [6.07, 6.45) is 0.794. The fourth-order valence-corrected chi connectivity index (χ4v) is 2.94. The second-order valence-corrected chi connectivity index (χ2v) is 6.41. The molecule has 1 aromatic carbocycles. The van der Waals surface area contributed by atoms with Gasteiger partial charge in [0.2, 0.25) is 5.91 Å². The highest BCUT2D eigenvalue weighted by atomic mass is 32.1. The molecule has 0 unspecified atom stereocenters. The lowest BCUT2D eigenvalue weighted by Crippen LogP contribution is -2.43. The topological polar surface area (TPSA) is 65.5 Å². The second-order valence-electron chi connectivity index (χ2n) is 5.55. The number of aromatic nitrogens is 1. The second kappa shape index (κ2) is 8.44. The van der Waals surface area contributed by atoms with Crippen molar-refractivity contribution in [2.24, 2.45) is 0 Å². The molecule has 0 aliphatic heterocycles. The smallest absolute Gasteiger partial charge is 0.319 e. The number of amides is 3.